The van der Waals surface area contributed by atoms with Crippen molar-refractivity contribution in [3.05, 3.63) is 30.6 Å². The summed E-state index contributed by atoms with van der Waals surface area (Å²) in [5, 5.41) is 0. The number of nitrogens with zero attached hydrogens (tertiary/aromatic N) is 1. The van der Waals surface area contributed by atoms with Gasteiger partial charge in [-0.15, -0.1) is 0 Å². The van der Waals surface area contributed by atoms with Crippen LogP contribution in [0.2, 0.25) is 0 Å². The molecule has 0 aliphatic carbocycles. The summed E-state index contributed by atoms with van der Waals surface area (Å²) in [6.45, 7) is 0. The summed E-state index contributed by atoms with van der Waals surface area (Å²) in [6, 6.07) is 5.72. The molecule has 0 fully saturated rings. The molecule has 0 spiro atoms. The Bertz CT molecular complexity index is 84.4. The largest absolute Gasteiger partial charge is 0.265 e. The van der Waals surface area contributed by atoms with Gasteiger partial charge in [0.1, 0.15) is 0 Å². The minimum Gasteiger partial charge on any atom is -0.265 e. The Labute approximate surface area is 66.4 Å². The van der Waals surface area contributed by atoms with Gasteiger partial charge in [-0.1, -0.05) is 6.07 Å². The smallest absolute Gasteiger partial charge is 0.0267 e. The first-order valence-corrected chi connectivity index (χ1v) is 1.85. The van der Waals surface area contributed by atoms with Crippen LogP contribution in [0.1, 0.15) is 0 Å². The van der Waals surface area contributed by atoms with Crippen molar-refractivity contribution in [1.29, 1.82) is 0 Å². The second-order valence-corrected chi connectivity index (χ2v) is 1.02. The zero-order valence-electron chi connectivity index (χ0n) is 4.04. The molecular formula is C5H5CuNS. The third-order valence-electron chi connectivity index (χ3n) is 0.566. The Morgan fingerprint density at radius 1 is 0.875 bits per heavy atom. The normalized spacial score (nSPS) is 6.00. The van der Waals surface area contributed by atoms with Gasteiger partial charge in [0.15, 0.2) is 0 Å². The van der Waals surface area contributed by atoms with Crippen LogP contribution in [0.15, 0.2) is 30.6 Å². The Morgan fingerprint density at radius 3 is 1.50 bits per heavy atom. The Hall–Kier alpha value is 0.0195. The molecule has 0 saturated heterocycles. The fourth-order valence-electron chi connectivity index (χ4n) is 0.313. The van der Waals surface area contributed by atoms with E-state index in [1.54, 1.807) is 12.4 Å². The van der Waals surface area contributed by atoms with Gasteiger partial charge < -0.3 is 0 Å². The van der Waals surface area contributed by atoms with Gasteiger partial charge in [-0.3, -0.25) is 4.98 Å². The van der Waals surface area contributed by atoms with Crippen LogP contribution in [0.25, 0.3) is 0 Å². The van der Waals surface area contributed by atoms with E-state index in [1.807, 2.05) is 18.2 Å². The Morgan fingerprint density at radius 2 is 1.38 bits per heavy atom. The molecule has 1 aromatic heterocycles. The first-order chi connectivity index (χ1) is 3.00. The number of hydrogen-bond acceptors (Lipinski definition) is 1. The zero-order chi connectivity index (χ0) is 4.24. The summed E-state index contributed by atoms with van der Waals surface area (Å²) in [4.78, 5) is 3.78. The molecule has 0 aliphatic rings. The van der Waals surface area contributed by atoms with E-state index in [1.165, 1.54) is 0 Å². The first kappa shape index (κ1) is 10.9. The molecule has 3 radical (unpaired) electrons. The number of rotatable bonds is 0. The molecule has 1 heterocycles. The minimum atomic E-state index is 0. The summed E-state index contributed by atoms with van der Waals surface area (Å²) in [5.74, 6) is 0. The minimum absolute atomic E-state index is 0. The first-order valence-electron chi connectivity index (χ1n) is 1.85. The molecule has 0 saturated carbocycles. The van der Waals surface area contributed by atoms with Crippen molar-refractivity contribution < 1.29 is 17.1 Å². The molecule has 0 atom stereocenters. The monoisotopic (exact) mass is 174 g/mol. The van der Waals surface area contributed by atoms with Crippen molar-refractivity contribution in [3.8, 4) is 0 Å². The van der Waals surface area contributed by atoms with Gasteiger partial charge in [-0.2, -0.15) is 0 Å². The van der Waals surface area contributed by atoms with E-state index in [9.17, 15) is 0 Å². The summed E-state index contributed by atoms with van der Waals surface area (Å²) in [5.41, 5.74) is 0. The molecular weight excluding hydrogens is 170 g/mol. The topological polar surface area (TPSA) is 12.9 Å². The fraction of sp³-hybridized carbons (Fsp3) is 0. The van der Waals surface area contributed by atoms with E-state index in [2.05, 4.69) is 4.98 Å². The maximum absolute atomic E-state index is 3.78. The molecule has 1 nitrogen and oxygen atoms in total. The summed E-state index contributed by atoms with van der Waals surface area (Å²) < 4.78 is 0. The molecule has 0 amide bonds. The van der Waals surface area contributed by atoms with Crippen LogP contribution in [0.4, 0.5) is 0 Å². The molecule has 0 aliphatic heterocycles. The van der Waals surface area contributed by atoms with Gasteiger partial charge in [0.25, 0.3) is 0 Å². The number of aromatic nitrogens is 1. The molecule has 1 rings (SSSR count). The third kappa shape index (κ3) is 4.19. The average molecular weight is 175 g/mol. The van der Waals surface area contributed by atoms with Crippen molar-refractivity contribution in [2.45, 2.75) is 0 Å². The van der Waals surface area contributed by atoms with Crippen LogP contribution in [0.3, 0.4) is 0 Å². The summed E-state index contributed by atoms with van der Waals surface area (Å²) >= 11 is 0. The standard InChI is InChI=1S/C5H5N.Cu.S/c1-2-4-6-5-3-1;;/h1-5H;;. The van der Waals surface area contributed by atoms with Crippen LogP contribution in [0, 0.1) is 0 Å². The Balaban J connectivity index is 0. The van der Waals surface area contributed by atoms with Gasteiger partial charge in [-0.05, 0) is 12.1 Å². The maximum atomic E-state index is 3.78. The average Bonchev–Trinajstić information content (AvgIpc) is 1.72. The van der Waals surface area contributed by atoms with Crippen molar-refractivity contribution in [2.24, 2.45) is 0 Å². The van der Waals surface area contributed by atoms with E-state index in [4.69, 9.17) is 0 Å². The second-order valence-electron chi connectivity index (χ2n) is 1.02. The zero-order valence-corrected chi connectivity index (χ0v) is 5.80. The van der Waals surface area contributed by atoms with Gasteiger partial charge in [-0.25, -0.2) is 0 Å². The Kier molecular flexibility index (Phi) is 9.57. The van der Waals surface area contributed by atoms with E-state index in [0.29, 0.717) is 0 Å². The number of hydrogen-bond donors (Lipinski definition) is 0. The molecule has 0 bridgehead atoms. The molecule has 0 N–H and O–H groups in total. The van der Waals surface area contributed by atoms with E-state index < -0.39 is 0 Å². The number of pyridine rings is 1. The molecule has 0 aromatic carbocycles. The maximum Gasteiger partial charge on any atom is 0.0267 e. The van der Waals surface area contributed by atoms with Crippen molar-refractivity contribution in [2.75, 3.05) is 0 Å². The van der Waals surface area contributed by atoms with Gasteiger partial charge in [0.2, 0.25) is 0 Å². The van der Waals surface area contributed by atoms with Crippen molar-refractivity contribution in [3.63, 3.8) is 0 Å². The van der Waals surface area contributed by atoms with Gasteiger partial charge in [0, 0.05) is 43.0 Å². The predicted octanol–water partition coefficient (Wildman–Crippen LogP) is 1.73. The molecule has 0 unspecified atom stereocenters. The van der Waals surface area contributed by atoms with Crippen LogP contribution in [0.5, 0.6) is 0 Å². The molecule has 8 heavy (non-hydrogen) atoms. The van der Waals surface area contributed by atoms with Crippen molar-refractivity contribution >= 4 is 13.5 Å². The summed E-state index contributed by atoms with van der Waals surface area (Å²) in [7, 11) is 0. The van der Waals surface area contributed by atoms with Crippen molar-refractivity contribution in [1.82, 2.24) is 4.98 Å². The fourth-order valence-corrected chi connectivity index (χ4v) is 0.313. The van der Waals surface area contributed by atoms with Crippen LogP contribution >= 0.6 is 13.5 Å². The molecule has 47 valence electrons. The molecule has 3 heteroatoms. The quantitative estimate of drug-likeness (QED) is 0.546. The van der Waals surface area contributed by atoms with Gasteiger partial charge in [0.05, 0.1) is 0 Å². The van der Waals surface area contributed by atoms with Gasteiger partial charge >= 0.3 is 0 Å². The van der Waals surface area contributed by atoms with Crippen LogP contribution in [-0.2, 0) is 17.1 Å². The van der Waals surface area contributed by atoms with E-state index in [0.717, 1.165) is 0 Å². The van der Waals surface area contributed by atoms with Crippen LogP contribution in [-0.4, -0.2) is 4.98 Å². The summed E-state index contributed by atoms with van der Waals surface area (Å²) in [6.07, 6.45) is 3.50. The predicted molar refractivity (Wildman–Crippen MR) is 31.8 cm³/mol. The SMILES string of the molecule is [Cu].[S].c1ccncc1. The second kappa shape index (κ2) is 7.02. The van der Waals surface area contributed by atoms with E-state index in [-0.39, 0.29) is 30.6 Å². The molecule has 1 aromatic rings. The third-order valence-corrected chi connectivity index (χ3v) is 0.566. The van der Waals surface area contributed by atoms with Crippen LogP contribution < -0.4 is 0 Å². The van der Waals surface area contributed by atoms with E-state index >= 15 is 0 Å².